The van der Waals surface area contributed by atoms with Crippen molar-refractivity contribution in [2.75, 3.05) is 44.8 Å². The third kappa shape index (κ3) is 4.62. The van der Waals surface area contributed by atoms with Crippen LogP contribution >= 0.6 is 0 Å². The van der Waals surface area contributed by atoms with E-state index in [0.717, 1.165) is 0 Å². The number of hydrogen-bond acceptors (Lipinski definition) is 7. The van der Waals surface area contributed by atoms with E-state index in [9.17, 15) is 14.0 Å². The summed E-state index contributed by atoms with van der Waals surface area (Å²) >= 11 is 0. The van der Waals surface area contributed by atoms with Crippen molar-refractivity contribution in [1.29, 1.82) is 0 Å². The monoisotopic (exact) mass is 454 g/mol. The minimum atomic E-state index is -1.12. The summed E-state index contributed by atoms with van der Waals surface area (Å²) in [4.78, 5) is 34.4. The van der Waals surface area contributed by atoms with Crippen LogP contribution in [0.2, 0.25) is 0 Å². The van der Waals surface area contributed by atoms with Gasteiger partial charge in [0.1, 0.15) is 17.6 Å². The van der Waals surface area contributed by atoms with Crippen LogP contribution < -0.4 is 15.0 Å². The number of halogens is 1. The number of ether oxygens (including phenoxy) is 2. The summed E-state index contributed by atoms with van der Waals surface area (Å²) in [7, 11) is 1.54. The van der Waals surface area contributed by atoms with Gasteiger partial charge >= 0.3 is 5.97 Å². The standard InChI is InChI=1S/C24H27FN4O4/c1-3-33-23(31)20-21(16-8-4-7-11-19(16)32-2)26-24(27-22(20)30)29-14-12-28(13-15-29)18-10-6-5-9-17(18)25/h4-11,20-21H,3,12-15H2,1-2H3,(H,26,27,30). The molecule has 174 valence electrons. The van der Waals surface area contributed by atoms with Crippen molar-refractivity contribution in [2.24, 2.45) is 10.9 Å². The summed E-state index contributed by atoms with van der Waals surface area (Å²) in [5, 5.41) is 2.78. The molecule has 0 saturated carbocycles. The summed E-state index contributed by atoms with van der Waals surface area (Å²) < 4.78 is 24.8. The van der Waals surface area contributed by atoms with Crippen LogP contribution in [0.5, 0.6) is 5.75 Å². The van der Waals surface area contributed by atoms with E-state index in [1.54, 1.807) is 31.2 Å². The number of piperazine rings is 1. The number of rotatable bonds is 5. The number of methoxy groups -OCH3 is 1. The molecule has 1 amide bonds. The Morgan fingerprint density at radius 1 is 1.09 bits per heavy atom. The van der Waals surface area contributed by atoms with Gasteiger partial charge in [0, 0.05) is 31.7 Å². The minimum Gasteiger partial charge on any atom is -0.496 e. The van der Waals surface area contributed by atoms with Crippen LogP contribution in [0.3, 0.4) is 0 Å². The molecule has 0 aromatic heterocycles. The molecule has 0 radical (unpaired) electrons. The number of amides is 1. The van der Waals surface area contributed by atoms with Crippen molar-refractivity contribution in [3.8, 4) is 5.75 Å². The first-order valence-corrected chi connectivity index (χ1v) is 11.0. The van der Waals surface area contributed by atoms with Crippen LogP contribution in [0.25, 0.3) is 0 Å². The van der Waals surface area contributed by atoms with Crippen molar-refractivity contribution in [3.05, 3.63) is 59.9 Å². The summed E-state index contributed by atoms with van der Waals surface area (Å²) in [6, 6.07) is 13.1. The Labute approximate surface area is 192 Å². The van der Waals surface area contributed by atoms with E-state index in [4.69, 9.17) is 14.5 Å². The molecule has 0 spiro atoms. The molecular weight excluding hydrogens is 427 g/mol. The maximum atomic E-state index is 14.2. The predicted molar refractivity (Wildman–Crippen MR) is 122 cm³/mol. The summed E-state index contributed by atoms with van der Waals surface area (Å²) in [6.07, 6.45) is 0. The topological polar surface area (TPSA) is 83.5 Å². The van der Waals surface area contributed by atoms with Gasteiger partial charge < -0.3 is 19.3 Å². The predicted octanol–water partition coefficient (Wildman–Crippen LogP) is 2.36. The minimum absolute atomic E-state index is 0.163. The van der Waals surface area contributed by atoms with E-state index < -0.39 is 23.8 Å². The molecule has 9 heteroatoms. The van der Waals surface area contributed by atoms with Crippen LogP contribution in [0, 0.1) is 11.7 Å². The zero-order valence-electron chi connectivity index (χ0n) is 18.7. The zero-order chi connectivity index (χ0) is 23.4. The molecule has 8 nitrogen and oxygen atoms in total. The molecule has 0 aliphatic carbocycles. The number of para-hydroxylation sites is 2. The van der Waals surface area contributed by atoms with Gasteiger partial charge in [-0.25, -0.2) is 9.38 Å². The van der Waals surface area contributed by atoms with E-state index in [1.807, 2.05) is 28.0 Å². The van der Waals surface area contributed by atoms with Crippen LogP contribution in [0.4, 0.5) is 10.1 Å². The van der Waals surface area contributed by atoms with Gasteiger partial charge in [-0.1, -0.05) is 30.3 Å². The molecule has 1 N–H and O–H groups in total. The Bertz CT molecular complexity index is 1050. The third-order valence-corrected chi connectivity index (χ3v) is 5.87. The average Bonchev–Trinajstić information content (AvgIpc) is 2.84. The van der Waals surface area contributed by atoms with Crippen molar-refractivity contribution >= 4 is 23.5 Å². The van der Waals surface area contributed by atoms with Crippen LogP contribution in [-0.4, -0.2) is 62.6 Å². The van der Waals surface area contributed by atoms with Gasteiger partial charge in [-0.05, 0) is 25.1 Å². The largest absolute Gasteiger partial charge is 0.496 e. The highest BCUT2D eigenvalue weighted by Crippen LogP contribution is 2.36. The van der Waals surface area contributed by atoms with Crippen LogP contribution in [0.15, 0.2) is 53.5 Å². The van der Waals surface area contributed by atoms with Gasteiger partial charge in [-0.15, -0.1) is 0 Å². The van der Waals surface area contributed by atoms with Crippen LogP contribution in [0.1, 0.15) is 18.5 Å². The average molecular weight is 455 g/mol. The molecule has 2 aliphatic heterocycles. The summed E-state index contributed by atoms with van der Waals surface area (Å²) in [5.41, 5.74) is 1.19. The van der Waals surface area contributed by atoms with Crippen molar-refractivity contribution in [2.45, 2.75) is 13.0 Å². The first-order chi connectivity index (χ1) is 16.0. The number of carbonyl (C=O) groups is 2. The SMILES string of the molecule is CCOC(=O)C1C(=O)NC(N2CCN(c3ccccc3F)CC2)=NC1c1ccccc1OC. The smallest absolute Gasteiger partial charge is 0.321 e. The first kappa shape index (κ1) is 22.6. The quantitative estimate of drug-likeness (QED) is 0.552. The number of aliphatic imine (C=N–C) groups is 1. The number of nitrogens with one attached hydrogen (secondary N) is 1. The van der Waals surface area contributed by atoms with Crippen molar-refractivity contribution in [1.82, 2.24) is 10.2 Å². The van der Waals surface area contributed by atoms with Gasteiger partial charge in [0.2, 0.25) is 11.9 Å². The second-order valence-electron chi connectivity index (χ2n) is 7.78. The molecule has 2 aromatic carbocycles. The molecule has 2 heterocycles. The van der Waals surface area contributed by atoms with Gasteiger partial charge in [0.15, 0.2) is 5.92 Å². The Kier molecular flexibility index (Phi) is 6.76. The lowest BCUT2D eigenvalue weighted by Gasteiger charge is -2.39. The Morgan fingerprint density at radius 3 is 2.45 bits per heavy atom. The molecule has 2 aromatic rings. The van der Waals surface area contributed by atoms with E-state index in [1.165, 1.54) is 13.2 Å². The van der Waals surface area contributed by atoms with E-state index in [2.05, 4.69) is 5.32 Å². The lowest BCUT2D eigenvalue weighted by atomic mass is 9.90. The Morgan fingerprint density at radius 2 is 1.76 bits per heavy atom. The molecule has 1 fully saturated rings. The van der Waals surface area contributed by atoms with Gasteiger partial charge in [0.05, 0.1) is 19.4 Å². The molecule has 4 rings (SSSR count). The fourth-order valence-electron chi connectivity index (χ4n) is 4.23. The van der Waals surface area contributed by atoms with Crippen LogP contribution in [-0.2, 0) is 14.3 Å². The summed E-state index contributed by atoms with van der Waals surface area (Å²) in [6.45, 7) is 4.07. The highest BCUT2D eigenvalue weighted by molar-refractivity contribution is 6.08. The molecular formula is C24H27FN4O4. The molecule has 1 saturated heterocycles. The number of anilines is 1. The molecule has 33 heavy (non-hydrogen) atoms. The zero-order valence-corrected chi connectivity index (χ0v) is 18.7. The van der Waals surface area contributed by atoms with Gasteiger partial charge in [-0.3, -0.25) is 14.9 Å². The van der Waals surface area contributed by atoms with Crippen molar-refractivity contribution < 1.29 is 23.5 Å². The van der Waals surface area contributed by atoms with Gasteiger partial charge in [0.25, 0.3) is 0 Å². The highest BCUT2D eigenvalue weighted by Gasteiger charge is 2.43. The molecule has 2 unspecified atom stereocenters. The highest BCUT2D eigenvalue weighted by atomic mass is 19.1. The van der Waals surface area contributed by atoms with E-state index in [0.29, 0.717) is 49.1 Å². The fraction of sp³-hybridized carbons (Fsp3) is 0.375. The lowest BCUT2D eigenvalue weighted by molar-refractivity contribution is -0.153. The first-order valence-electron chi connectivity index (χ1n) is 11.0. The number of benzene rings is 2. The molecule has 2 atom stereocenters. The Balaban J connectivity index is 1.60. The normalized spacial score (nSPS) is 20.7. The number of nitrogens with zero attached hydrogens (tertiary/aromatic N) is 3. The van der Waals surface area contributed by atoms with E-state index in [-0.39, 0.29) is 12.4 Å². The summed E-state index contributed by atoms with van der Waals surface area (Å²) in [5.74, 6) is -1.54. The number of esters is 1. The third-order valence-electron chi connectivity index (χ3n) is 5.87. The van der Waals surface area contributed by atoms with Crippen molar-refractivity contribution in [3.63, 3.8) is 0 Å². The molecule has 0 bridgehead atoms. The Hall–Kier alpha value is -3.62. The van der Waals surface area contributed by atoms with Gasteiger partial charge in [-0.2, -0.15) is 0 Å². The second kappa shape index (κ2) is 9.89. The number of hydrogen-bond donors (Lipinski definition) is 1. The fourth-order valence-corrected chi connectivity index (χ4v) is 4.23. The lowest BCUT2D eigenvalue weighted by Crippen LogP contribution is -2.57. The van der Waals surface area contributed by atoms with E-state index >= 15 is 0 Å². The molecule has 2 aliphatic rings. The number of carbonyl (C=O) groups excluding carboxylic acids is 2. The maximum Gasteiger partial charge on any atom is 0.321 e. The number of guanidine groups is 1. The second-order valence-corrected chi connectivity index (χ2v) is 7.78. The maximum absolute atomic E-state index is 14.2.